The van der Waals surface area contributed by atoms with Gasteiger partial charge in [-0.1, -0.05) is 30.3 Å². The van der Waals surface area contributed by atoms with Crippen LogP contribution in [-0.4, -0.2) is 0 Å². The summed E-state index contributed by atoms with van der Waals surface area (Å²) < 4.78 is 0. The summed E-state index contributed by atoms with van der Waals surface area (Å²) in [5.41, 5.74) is 11.5. The van der Waals surface area contributed by atoms with Gasteiger partial charge in [0, 0.05) is 17.9 Å². The van der Waals surface area contributed by atoms with Crippen molar-refractivity contribution in [2.24, 2.45) is 0 Å². The molecule has 0 aliphatic heterocycles. The average Bonchev–Trinajstić information content (AvgIpc) is 2.33. The maximum Gasteiger partial charge on any atom is 0.0400 e. The third kappa shape index (κ3) is 2.78. The molecule has 3 N–H and O–H groups in total. The van der Waals surface area contributed by atoms with E-state index in [1.807, 2.05) is 19.1 Å². The summed E-state index contributed by atoms with van der Waals surface area (Å²) in [4.78, 5) is 0. The van der Waals surface area contributed by atoms with Crippen LogP contribution in [0.15, 0.2) is 42.5 Å². The smallest absolute Gasteiger partial charge is 0.0400 e. The van der Waals surface area contributed by atoms with Crippen molar-refractivity contribution in [3.05, 3.63) is 59.2 Å². The van der Waals surface area contributed by atoms with Gasteiger partial charge in [0.2, 0.25) is 0 Å². The van der Waals surface area contributed by atoms with Gasteiger partial charge in [-0.15, -0.1) is 0 Å². The van der Waals surface area contributed by atoms with Gasteiger partial charge in [0.15, 0.2) is 0 Å². The molecule has 0 aliphatic rings. The molecule has 0 heterocycles. The molecular formula is C15H18N2. The van der Waals surface area contributed by atoms with Crippen molar-refractivity contribution in [1.82, 2.24) is 0 Å². The van der Waals surface area contributed by atoms with E-state index < -0.39 is 0 Å². The lowest BCUT2D eigenvalue weighted by atomic mass is 10.1. The standard InChI is InChI=1S/C15H18N2/c1-11-9-15(12(2)8-14(11)16)17-10-13-6-4-3-5-7-13/h3-9,17H,10,16H2,1-2H3. The van der Waals surface area contributed by atoms with E-state index in [0.29, 0.717) is 0 Å². The molecule has 0 spiro atoms. The molecule has 17 heavy (non-hydrogen) atoms. The fourth-order valence-electron chi connectivity index (χ4n) is 1.82. The number of nitrogens with two attached hydrogens (primary N) is 1. The molecule has 88 valence electrons. The maximum absolute atomic E-state index is 5.87. The van der Waals surface area contributed by atoms with Crippen LogP contribution in [0.5, 0.6) is 0 Å². The SMILES string of the molecule is Cc1cc(NCc2ccccc2)c(C)cc1N. The minimum absolute atomic E-state index is 0.838. The average molecular weight is 226 g/mol. The third-order valence-corrected chi connectivity index (χ3v) is 2.94. The van der Waals surface area contributed by atoms with Crippen LogP contribution < -0.4 is 11.1 Å². The molecule has 0 saturated heterocycles. The van der Waals surface area contributed by atoms with Gasteiger partial charge < -0.3 is 11.1 Å². The van der Waals surface area contributed by atoms with Crippen LogP contribution in [0.4, 0.5) is 11.4 Å². The summed E-state index contributed by atoms with van der Waals surface area (Å²) in [5, 5.41) is 3.44. The lowest BCUT2D eigenvalue weighted by Gasteiger charge is -2.12. The molecule has 2 rings (SSSR count). The van der Waals surface area contributed by atoms with E-state index in [1.54, 1.807) is 0 Å². The Morgan fingerprint density at radius 3 is 2.41 bits per heavy atom. The number of hydrogen-bond acceptors (Lipinski definition) is 2. The Morgan fingerprint density at radius 1 is 1.00 bits per heavy atom. The maximum atomic E-state index is 5.87. The van der Waals surface area contributed by atoms with E-state index in [1.165, 1.54) is 11.1 Å². The Hall–Kier alpha value is -1.96. The fourth-order valence-corrected chi connectivity index (χ4v) is 1.82. The summed E-state index contributed by atoms with van der Waals surface area (Å²) in [6.07, 6.45) is 0. The summed E-state index contributed by atoms with van der Waals surface area (Å²) in [6, 6.07) is 14.5. The second-order valence-corrected chi connectivity index (χ2v) is 4.36. The first-order chi connectivity index (χ1) is 8.16. The summed E-state index contributed by atoms with van der Waals surface area (Å²) >= 11 is 0. The number of hydrogen-bond donors (Lipinski definition) is 2. The van der Waals surface area contributed by atoms with E-state index in [4.69, 9.17) is 5.73 Å². The number of nitrogens with one attached hydrogen (secondary N) is 1. The van der Waals surface area contributed by atoms with Crippen molar-refractivity contribution in [3.8, 4) is 0 Å². The van der Waals surface area contributed by atoms with Gasteiger partial charge in [0.25, 0.3) is 0 Å². The van der Waals surface area contributed by atoms with Crippen molar-refractivity contribution in [2.75, 3.05) is 11.1 Å². The van der Waals surface area contributed by atoms with Gasteiger partial charge in [-0.05, 0) is 42.7 Å². The van der Waals surface area contributed by atoms with Crippen LogP contribution in [0, 0.1) is 13.8 Å². The predicted octanol–water partition coefficient (Wildman–Crippen LogP) is 3.50. The van der Waals surface area contributed by atoms with Crippen molar-refractivity contribution >= 4 is 11.4 Å². The van der Waals surface area contributed by atoms with Crippen LogP contribution in [0.2, 0.25) is 0 Å². The lowest BCUT2D eigenvalue weighted by Crippen LogP contribution is -2.02. The largest absolute Gasteiger partial charge is 0.399 e. The highest BCUT2D eigenvalue weighted by molar-refractivity contribution is 5.61. The minimum atomic E-state index is 0.838. The van der Waals surface area contributed by atoms with E-state index in [9.17, 15) is 0 Å². The molecule has 0 atom stereocenters. The van der Waals surface area contributed by atoms with Crippen molar-refractivity contribution in [3.63, 3.8) is 0 Å². The van der Waals surface area contributed by atoms with Crippen LogP contribution >= 0.6 is 0 Å². The van der Waals surface area contributed by atoms with Crippen LogP contribution in [0.3, 0.4) is 0 Å². The quantitative estimate of drug-likeness (QED) is 0.786. The summed E-state index contributed by atoms with van der Waals surface area (Å²) in [6.45, 7) is 4.94. The van der Waals surface area contributed by atoms with E-state index in [-0.39, 0.29) is 0 Å². The minimum Gasteiger partial charge on any atom is -0.399 e. The predicted molar refractivity (Wildman–Crippen MR) is 74.1 cm³/mol. The van der Waals surface area contributed by atoms with Gasteiger partial charge in [0.05, 0.1) is 0 Å². The first-order valence-electron chi connectivity index (χ1n) is 5.81. The highest BCUT2D eigenvalue weighted by Crippen LogP contribution is 2.22. The van der Waals surface area contributed by atoms with Gasteiger partial charge in [-0.2, -0.15) is 0 Å². The summed E-state index contributed by atoms with van der Waals surface area (Å²) in [5.74, 6) is 0. The zero-order chi connectivity index (χ0) is 12.3. The molecule has 0 unspecified atom stereocenters. The number of anilines is 2. The molecule has 2 heteroatoms. The number of benzene rings is 2. The van der Waals surface area contributed by atoms with Gasteiger partial charge in [0.1, 0.15) is 0 Å². The van der Waals surface area contributed by atoms with Crippen molar-refractivity contribution < 1.29 is 0 Å². The molecule has 2 aromatic carbocycles. The van der Waals surface area contributed by atoms with Gasteiger partial charge in [-0.3, -0.25) is 0 Å². The summed E-state index contributed by atoms with van der Waals surface area (Å²) in [7, 11) is 0. The number of rotatable bonds is 3. The van der Waals surface area contributed by atoms with E-state index in [2.05, 4.69) is 42.6 Å². The monoisotopic (exact) mass is 226 g/mol. The molecule has 0 radical (unpaired) electrons. The zero-order valence-electron chi connectivity index (χ0n) is 10.3. The molecule has 2 nitrogen and oxygen atoms in total. The van der Waals surface area contributed by atoms with Gasteiger partial charge in [-0.25, -0.2) is 0 Å². The van der Waals surface area contributed by atoms with E-state index in [0.717, 1.165) is 23.5 Å². The van der Waals surface area contributed by atoms with Crippen molar-refractivity contribution in [2.45, 2.75) is 20.4 Å². The van der Waals surface area contributed by atoms with Crippen LogP contribution in [-0.2, 0) is 6.54 Å². The number of aryl methyl sites for hydroxylation is 2. The first-order valence-corrected chi connectivity index (χ1v) is 5.81. The normalized spacial score (nSPS) is 10.2. The topological polar surface area (TPSA) is 38.0 Å². The molecule has 0 amide bonds. The molecule has 0 bridgehead atoms. The van der Waals surface area contributed by atoms with Gasteiger partial charge >= 0.3 is 0 Å². The molecular weight excluding hydrogens is 208 g/mol. The highest BCUT2D eigenvalue weighted by Gasteiger charge is 2.01. The van der Waals surface area contributed by atoms with Crippen LogP contribution in [0.25, 0.3) is 0 Å². The molecule has 0 aliphatic carbocycles. The Kier molecular flexibility index (Phi) is 3.33. The molecule has 0 saturated carbocycles. The Labute approximate surface area is 102 Å². The molecule has 0 fully saturated rings. The highest BCUT2D eigenvalue weighted by atomic mass is 14.9. The third-order valence-electron chi connectivity index (χ3n) is 2.94. The zero-order valence-corrected chi connectivity index (χ0v) is 10.3. The van der Waals surface area contributed by atoms with Crippen molar-refractivity contribution in [1.29, 1.82) is 0 Å². The Bertz CT molecular complexity index is 504. The number of nitrogen functional groups attached to an aromatic ring is 1. The molecule has 2 aromatic rings. The lowest BCUT2D eigenvalue weighted by molar-refractivity contribution is 1.14. The van der Waals surface area contributed by atoms with E-state index >= 15 is 0 Å². The van der Waals surface area contributed by atoms with Crippen LogP contribution in [0.1, 0.15) is 16.7 Å². The second kappa shape index (κ2) is 4.91. The fraction of sp³-hybridized carbons (Fsp3) is 0.200. The first kappa shape index (κ1) is 11.5. The molecule has 0 aromatic heterocycles. The second-order valence-electron chi connectivity index (χ2n) is 4.36. The Morgan fingerprint density at radius 2 is 1.71 bits per heavy atom. The Balaban J connectivity index is 2.12.